The molecule has 0 bridgehead atoms. The molecule has 6 nitrogen and oxygen atoms in total. The van der Waals surface area contributed by atoms with Gasteiger partial charge in [0.2, 0.25) is 0 Å². The summed E-state index contributed by atoms with van der Waals surface area (Å²) in [6.45, 7) is 2.62. The van der Waals surface area contributed by atoms with Gasteiger partial charge in [0.25, 0.3) is 0 Å². The van der Waals surface area contributed by atoms with Gasteiger partial charge in [-0.1, -0.05) is 24.3 Å². The van der Waals surface area contributed by atoms with Crippen LogP contribution in [0.4, 0.5) is 0 Å². The molecular formula is C18H22N4O2. The number of aliphatic carboxylic acids is 1. The second-order valence-electron chi connectivity index (χ2n) is 5.54. The van der Waals surface area contributed by atoms with E-state index in [9.17, 15) is 9.90 Å². The molecule has 0 aliphatic carbocycles. The third-order valence-electron chi connectivity index (χ3n) is 3.51. The zero-order chi connectivity index (χ0) is 17.7. The number of carboxylic acids is 1. The van der Waals surface area contributed by atoms with Crippen LogP contribution in [-0.2, 0) is 4.79 Å². The van der Waals surface area contributed by atoms with Crippen molar-refractivity contribution in [2.45, 2.75) is 6.92 Å². The van der Waals surface area contributed by atoms with Gasteiger partial charge >= 0.3 is 5.97 Å². The van der Waals surface area contributed by atoms with E-state index in [-0.39, 0.29) is 5.70 Å². The maximum atomic E-state index is 11.4. The standard InChI is InChI=1S/C18H22N4O2/c1-4-20-17-11-13(9-15(21-17)18(23)24)14-8-6-5-7-12(14)10-16(19)22(2)3/h5-11,19-21H,4H2,1-3H3,(H,23,24)/b12-10+,14-13-,19-16?. The Labute approximate surface area is 141 Å². The molecule has 1 aliphatic heterocycles. The average Bonchev–Trinajstić information content (AvgIpc) is 2.55. The highest BCUT2D eigenvalue weighted by Gasteiger charge is 2.14. The van der Waals surface area contributed by atoms with Crippen molar-refractivity contribution in [1.82, 2.24) is 15.5 Å². The highest BCUT2D eigenvalue weighted by atomic mass is 16.4. The lowest BCUT2D eigenvalue weighted by Crippen LogP contribution is -2.34. The first-order valence-electron chi connectivity index (χ1n) is 7.67. The number of benzene rings is 1. The molecular weight excluding hydrogens is 304 g/mol. The Morgan fingerprint density at radius 1 is 1.33 bits per heavy atom. The summed E-state index contributed by atoms with van der Waals surface area (Å²) in [7, 11) is 3.62. The Kier molecular flexibility index (Phi) is 5.42. The minimum atomic E-state index is -1.02. The quantitative estimate of drug-likeness (QED) is 0.468. The van der Waals surface area contributed by atoms with Gasteiger partial charge in [0.1, 0.15) is 17.4 Å². The van der Waals surface area contributed by atoms with Gasteiger partial charge in [0, 0.05) is 20.6 Å². The summed E-state index contributed by atoms with van der Waals surface area (Å²) in [5, 5.41) is 25.1. The van der Waals surface area contributed by atoms with Gasteiger partial charge in [-0.15, -0.1) is 0 Å². The number of nitrogens with zero attached hydrogens (tertiary/aromatic N) is 1. The first-order valence-corrected chi connectivity index (χ1v) is 7.67. The van der Waals surface area contributed by atoms with Crippen LogP contribution in [-0.4, -0.2) is 42.5 Å². The summed E-state index contributed by atoms with van der Waals surface area (Å²) in [4.78, 5) is 13.1. The molecule has 0 fully saturated rings. The van der Waals surface area contributed by atoms with Crippen LogP contribution in [0, 0.1) is 5.41 Å². The van der Waals surface area contributed by atoms with Crippen molar-refractivity contribution in [3.05, 3.63) is 58.4 Å². The maximum absolute atomic E-state index is 11.4. The van der Waals surface area contributed by atoms with Gasteiger partial charge in [0.15, 0.2) is 0 Å². The van der Waals surface area contributed by atoms with Crippen LogP contribution in [0.1, 0.15) is 6.92 Å². The molecule has 0 aromatic heterocycles. The topological polar surface area (TPSA) is 88.5 Å². The molecule has 4 N–H and O–H groups in total. The van der Waals surface area contributed by atoms with Crippen molar-refractivity contribution < 1.29 is 9.90 Å². The molecule has 6 heteroatoms. The van der Waals surface area contributed by atoms with Crippen molar-refractivity contribution >= 4 is 23.5 Å². The zero-order valence-corrected chi connectivity index (χ0v) is 14.1. The van der Waals surface area contributed by atoms with Crippen LogP contribution in [0.25, 0.3) is 11.6 Å². The number of allylic oxidation sites excluding steroid dienone is 2. The number of amidine groups is 1. The van der Waals surface area contributed by atoms with Crippen LogP contribution in [0.5, 0.6) is 0 Å². The van der Waals surface area contributed by atoms with E-state index < -0.39 is 5.97 Å². The molecule has 0 radical (unpaired) electrons. The second-order valence-corrected chi connectivity index (χ2v) is 5.54. The Hall–Kier alpha value is -3.02. The zero-order valence-electron chi connectivity index (χ0n) is 14.1. The maximum Gasteiger partial charge on any atom is 0.352 e. The smallest absolute Gasteiger partial charge is 0.352 e. The van der Waals surface area contributed by atoms with E-state index in [0.717, 1.165) is 16.0 Å². The molecule has 1 aliphatic rings. The fourth-order valence-electron chi connectivity index (χ4n) is 2.29. The third-order valence-corrected chi connectivity index (χ3v) is 3.51. The van der Waals surface area contributed by atoms with E-state index in [1.54, 1.807) is 17.1 Å². The average molecular weight is 326 g/mol. The minimum absolute atomic E-state index is 0.112. The molecule has 24 heavy (non-hydrogen) atoms. The number of nitrogens with one attached hydrogen (secondary N) is 3. The summed E-state index contributed by atoms with van der Waals surface area (Å²) in [6, 6.07) is 7.63. The predicted molar refractivity (Wildman–Crippen MR) is 95.6 cm³/mol. The predicted octanol–water partition coefficient (Wildman–Crippen LogP) is 0.179. The molecule has 0 amide bonds. The lowest BCUT2D eigenvalue weighted by Gasteiger charge is -2.18. The first-order chi connectivity index (χ1) is 11.4. The second kappa shape index (κ2) is 7.50. The molecule has 1 aromatic carbocycles. The van der Waals surface area contributed by atoms with Gasteiger partial charge in [0.05, 0.1) is 0 Å². The Morgan fingerprint density at radius 2 is 2.04 bits per heavy atom. The van der Waals surface area contributed by atoms with Crippen molar-refractivity contribution in [2.75, 3.05) is 20.6 Å². The number of hydrogen-bond donors (Lipinski definition) is 4. The van der Waals surface area contributed by atoms with E-state index in [1.807, 2.05) is 51.4 Å². The largest absolute Gasteiger partial charge is 0.477 e. The Bertz CT molecular complexity index is 835. The van der Waals surface area contributed by atoms with E-state index in [0.29, 0.717) is 18.2 Å². The third kappa shape index (κ3) is 4.04. The Morgan fingerprint density at radius 3 is 2.67 bits per heavy atom. The van der Waals surface area contributed by atoms with Gasteiger partial charge in [-0.25, -0.2) is 4.79 Å². The van der Waals surface area contributed by atoms with Crippen molar-refractivity contribution in [3.8, 4) is 0 Å². The molecule has 1 aromatic rings. The summed E-state index contributed by atoms with van der Waals surface area (Å²) in [5.74, 6) is -0.00121. The molecule has 1 heterocycles. The van der Waals surface area contributed by atoms with Crippen molar-refractivity contribution in [1.29, 1.82) is 5.41 Å². The molecule has 2 rings (SSSR count). The summed E-state index contributed by atoms with van der Waals surface area (Å²) in [6.07, 6.45) is 5.25. The normalized spacial score (nSPS) is 16.7. The minimum Gasteiger partial charge on any atom is -0.477 e. The van der Waals surface area contributed by atoms with Crippen LogP contribution < -0.4 is 21.1 Å². The van der Waals surface area contributed by atoms with Crippen LogP contribution in [0.2, 0.25) is 0 Å². The van der Waals surface area contributed by atoms with Gasteiger partial charge < -0.3 is 20.6 Å². The molecule has 0 saturated carbocycles. The summed E-state index contributed by atoms with van der Waals surface area (Å²) < 4.78 is 0. The van der Waals surface area contributed by atoms with E-state index in [2.05, 4.69) is 10.6 Å². The fourth-order valence-corrected chi connectivity index (χ4v) is 2.29. The molecule has 0 saturated heterocycles. The first kappa shape index (κ1) is 17.3. The van der Waals surface area contributed by atoms with Crippen LogP contribution >= 0.6 is 0 Å². The fraction of sp³-hybridized carbons (Fsp3) is 0.222. The monoisotopic (exact) mass is 326 g/mol. The van der Waals surface area contributed by atoms with Crippen LogP contribution in [0.15, 0.2) is 47.9 Å². The number of carboxylic acid groups (broad SMARTS) is 1. The lowest BCUT2D eigenvalue weighted by molar-refractivity contribution is -0.133. The van der Waals surface area contributed by atoms with E-state index >= 15 is 0 Å². The number of hydrogen-bond acceptors (Lipinski definition) is 4. The van der Waals surface area contributed by atoms with Crippen molar-refractivity contribution in [3.63, 3.8) is 0 Å². The summed E-state index contributed by atoms with van der Waals surface area (Å²) >= 11 is 0. The lowest BCUT2D eigenvalue weighted by atomic mass is 10.1. The molecule has 0 atom stereocenters. The number of rotatable bonds is 4. The molecule has 0 unspecified atom stereocenters. The van der Waals surface area contributed by atoms with E-state index in [4.69, 9.17) is 5.41 Å². The molecule has 0 spiro atoms. The summed E-state index contributed by atoms with van der Waals surface area (Å²) in [5.41, 5.74) is 0.890. The highest BCUT2D eigenvalue weighted by Crippen LogP contribution is 2.11. The van der Waals surface area contributed by atoms with E-state index in [1.165, 1.54) is 0 Å². The van der Waals surface area contributed by atoms with Crippen LogP contribution in [0.3, 0.4) is 0 Å². The van der Waals surface area contributed by atoms with Gasteiger partial charge in [-0.05, 0) is 41.2 Å². The van der Waals surface area contributed by atoms with Gasteiger partial charge in [-0.3, -0.25) is 5.41 Å². The molecule has 126 valence electrons. The van der Waals surface area contributed by atoms with Gasteiger partial charge in [-0.2, -0.15) is 0 Å². The highest BCUT2D eigenvalue weighted by molar-refractivity contribution is 6.06. The number of dihydropyridines is 1. The Balaban J connectivity index is 2.71. The van der Waals surface area contributed by atoms with Crippen molar-refractivity contribution in [2.24, 2.45) is 0 Å². The number of carbonyl (C=O) groups is 1. The SMILES string of the molecule is CCNC1=C/C(=c2/cccc/c2=C\C(=N)N(C)C)C=C(C(=O)O)N1.